The van der Waals surface area contributed by atoms with Gasteiger partial charge >= 0.3 is 128 Å². The van der Waals surface area contributed by atoms with Crippen molar-refractivity contribution < 1.29 is 107 Å². The van der Waals surface area contributed by atoms with Gasteiger partial charge in [-0.25, -0.2) is 0 Å². The van der Waals surface area contributed by atoms with Gasteiger partial charge in [0.25, 0.3) is 0 Å². The largest absolute Gasteiger partial charge is 2.00 e. The molecule has 0 aliphatic heterocycles. The zero-order chi connectivity index (χ0) is 4.50. The van der Waals surface area contributed by atoms with E-state index in [4.69, 9.17) is 19.2 Å². The van der Waals surface area contributed by atoms with Crippen LogP contribution in [0.25, 0.3) is 0 Å². The van der Waals surface area contributed by atoms with Crippen LogP contribution in [0.5, 0.6) is 0 Å². The van der Waals surface area contributed by atoms with Crippen molar-refractivity contribution >= 4 is 64.1 Å². The molecule has 0 aromatic rings. The second-order valence-corrected chi connectivity index (χ2v) is 1.80. The third-order valence-corrected chi connectivity index (χ3v) is 0. The van der Waals surface area contributed by atoms with E-state index < -0.39 is 9.05 Å². The third kappa shape index (κ3) is 68.2. The van der Waals surface area contributed by atoms with Gasteiger partial charge in [-0.1, -0.05) is 0 Å². The Bertz CT molecular complexity index is 49.2. The normalized spacial score (nSPS) is 6.67. The predicted octanol–water partition coefficient (Wildman–Crippen LogP) is -9.47. The van der Waals surface area contributed by atoms with Crippen molar-refractivity contribution in [2.24, 2.45) is 0 Å². The minimum Gasteiger partial charge on any atom is -1.00 e. The van der Waals surface area contributed by atoms with Crippen LogP contribution in [0.4, 0.5) is 0 Å². The maximum absolute atomic E-state index is 7.33. The van der Waals surface area contributed by atoms with E-state index in [1.54, 1.807) is 0 Å². The van der Waals surface area contributed by atoms with E-state index in [2.05, 4.69) is 0 Å². The van der Waals surface area contributed by atoms with Crippen LogP contribution in [0.3, 0.4) is 0 Å². The fourth-order valence-corrected chi connectivity index (χ4v) is 0. The Morgan fingerprint density at radius 3 is 1.11 bits per heavy atom. The summed E-state index contributed by atoms with van der Waals surface area (Å²) in [5.74, 6) is 0. The van der Waals surface area contributed by atoms with Crippen LogP contribution in [0.2, 0.25) is 0 Å². The fraction of sp³-hybridized carbons (Fsp3) is 0. The van der Waals surface area contributed by atoms with Crippen LogP contribution < -0.4 is 80.9 Å². The van der Waals surface area contributed by atoms with Crippen LogP contribution in [0.15, 0.2) is 0 Å². The molecule has 0 aliphatic rings. The van der Waals surface area contributed by atoms with Gasteiger partial charge in [-0.15, -0.1) is 0 Å². The van der Waals surface area contributed by atoms with Crippen molar-refractivity contribution in [2.75, 3.05) is 0 Å². The third-order valence-electron chi connectivity index (χ3n) is 0. The summed E-state index contributed by atoms with van der Waals surface area (Å²) in [7, 11) is -4.61. The van der Waals surface area contributed by atoms with E-state index in [0.717, 1.165) is 0 Å². The predicted molar refractivity (Wildman–Crippen MR) is 36.9 cm³/mol. The standard InChI is InChI=1S/Al.Ca.K.Na.H4O4Si.H2.7H/c;;;;1-5(2,3)4;;;;;;;;/h;;;;1-4H;1H;;;;;;;/q;+2;2*+1;;;;;;4*-1. The zero-order valence-corrected chi connectivity index (χ0v) is 13.3. The summed E-state index contributed by atoms with van der Waals surface area (Å²) in [4.78, 5) is 29.3. The van der Waals surface area contributed by atoms with Crippen molar-refractivity contribution in [1.82, 2.24) is 0 Å². The van der Waals surface area contributed by atoms with Crippen LogP contribution in [0, 0.1) is 0 Å². The molecule has 9 heavy (non-hydrogen) atoms. The molecule has 0 atom stereocenters. The van der Waals surface area contributed by atoms with Crippen molar-refractivity contribution in [3.05, 3.63) is 0 Å². The van der Waals surface area contributed by atoms with E-state index in [0.29, 0.717) is 0 Å². The Hall–Kier alpha value is 4.49. The molecule has 0 fully saturated rings. The smallest absolute Gasteiger partial charge is 1.00 e. The molecule has 48 valence electrons. The SMILES string of the molecule is O[Si](O)(O)O.[AlH3].[Ca+2].[H-].[H-].[H-].[H-].[HH].[K+].[Na+]. The average Bonchev–Trinajstić information content (AvgIpc) is 0.722. The molecular formula is H13AlCaKNaO4Si. The van der Waals surface area contributed by atoms with Crippen molar-refractivity contribution in [2.45, 2.75) is 0 Å². The first-order chi connectivity index (χ1) is 2.00. The Balaban J connectivity index is -0.00000000222. The molecule has 0 amide bonds. The van der Waals surface area contributed by atoms with Crippen molar-refractivity contribution in [3.8, 4) is 0 Å². The van der Waals surface area contributed by atoms with Gasteiger partial charge in [0.15, 0.2) is 17.4 Å². The first-order valence-corrected chi connectivity index (χ1v) is 2.68. The maximum Gasteiger partial charge on any atom is 2.00 e. The van der Waals surface area contributed by atoms with E-state index in [1.165, 1.54) is 0 Å². The summed E-state index contributed by atoms with van der Waals surface area (Å²) >= 11 is 0. The molecule has 4 nitrogen and oxygen atoms in total. The van der Waals surface area contributed by atoms with Gasteiger partial charge in [0.2, 0.25) is 0 Å². The quantitative estimate of drug-likeness (QED) is 0.314. The Morgan fingerprint density at radius 1 is 1.11 bits per heavy atom. The molecule has 0 saturated heterocycles. The molecule has 0 rings (SSSR count). The number of hydrogen-bond acceptors (Lipinski definition) is 4. The Morgan fingerprint density at radius 2 is 1.11 bits per heavy atom. The van der Waals surface area contributed by atoms with Crippen LogP contribution in [-0.4, -0.2) is 83.3 Å². The molecule has 0 aromatic heterocycles. The molecule has 4 N–H and O–H groups in total. The number of hydrogen-bond donors (Lipinski definition) is 4. The minimum absolute atomic E-state index is 0. The summed E-state index contributed by atoms with van der Waals surface area (Å²) in [5, 5.41) is 0. The Kier molecular flexibility index (Phi) is 48.6. The van der Waals surface area contributed by atoms with E-state index in [-0.39, 0.29) is 143 Å². The van der Waals surface area contributed by atoms with Gasteiger partial charge in [0, 0.05) is 1.43 Å². The summed E-state index contributed by atoms with van der Waals surface area (Å²) in [6.45, 7) is 0. The fourth-order valence-electron chi connectivity index (χ4n) is 0. The zero-order valence-electron chi connectivity index (χ0n) is 9.00. The van der Waals surface area contributed by atoms with Crippen molar-refractivity contribution in [3.63, 3.8) is 0 Å². The van der Waals surface area contributed by atoms with Gasteiger partial charge in [0.1, 0.15) is 0 Å². The number of rotatable bonds is 0. The maximum atomic E-state index is 7.33. The molecular weight excluding hydrogens is 221 g/mol. The summed E-state index contributed by atoms with van der Waals surface area (Å²) < 4.78 is 0. The van der Waals surface area contributed by atoms with Crippen LogP contribution >= 0.6 is 0 Å². The van der Waals surface area contributed by atoms with Crippen molar-refractivity contribution in [1.29, 1.82) is 0 Å². The summed E-state index contributed by atoms with van der Waals surface area (Å²) in [6, 6.07) is 0. The molecule has 9 heteroatoms. The van der Waals surface area contributed by atoms with Gasteiger partial charge in [-0.05, 0) is 0 Å². The topological polar surface area (TPSA) is 80.9 Å². The molecule has 0 spiro atoms. The first-order valence-electron chi connectivity index (χ1n) is 0.894. The molecule has 0 aliphatic carbocycles. The van der Waals surface area contributed by atoms with Crippen LogP contribution in [0.1, 0.15) is 7.13 Å². The molecule has 0 bridgehead atoms. The van der Waals surface area contributed by atoms with E-state index >= 15 is 0 Å². The van der Waals surface area contributed by atoms with Gasteiger partial charge < -0.3 is 24.9 Å². The molecule has 0 aromatic carbocycles. The Labute approximate surface area is 167 Å². The molecule has 0 heterocycles. The molecule has 0 unspecified atom stereocenters. The first kappa shape index (κ1) is 29.2. The van der Waals surface area contributed by atoms with Gasteiger partial charge in [-0.2, -0.15) is 0 Å². The summed E-state index contributed by atoms with van der Waals surface area (Å²) in [6.07, 6.45) is 0. The monoisotopic (exact) mass is 234 g/mol. The van der Waals surface area contributed by atoms with E-state index in [1.807, 2.05) is 0 Å². The van der Waals surface area contributed by atoms with E-state index in [9.17, 15) is 0 Å². The van der Waals surface area contributed by atoms with Gasteiger partial charge in [-0.3, -0.25) is 0 Å². The molecule has 0 radical (unpaired) electrons. The van der Waals surface area contributed by atoms with Gasteiger partial charge in [0.05, 0.1) is 0 Å². The summed E-state index contributed by atoms with van der Waals surface area (Å²) in [5.41, 5.74) is 0. The van der Waals surface area contributed by atoms with Crippen LogP contribution in [-0.2, 0) is 0 Å². The molecule has 0 saturated carbocycles. The second-order valence-electron chi connectivity index (χ2n) is 0.600. The average molecular weight is 234 g/mol. The second kappa shape index (κ2) is 15.0. The minimum atomic E-state index is -4.61.